The molecule has 0 aromatic heterocycles. The molecule has 7 heteroatoms. The van der Waals surface area contributed by atoms with E-state index in [1.165, 1.54) is 11.8 Å². The molecule has 0 saturated heterocycles. The lowest BCUT2D eigenvalue weighted by atomic mass is 10.1. The Balaban J connectivity index is 2.19. The molecule has 0 aliphatic heterocycles. The molecule has 1 atom stereocenters. The highest BCUT2D eigenvalue weighted by molar-refractivity contribution is 8.00. The van der Waals surface area contributed by atoms with Crippen molar-refractivity contribution in [2.45, 2.75) is 44.2 Å². The van der Waals surface area contributed by atoms with Gasteiger partial charge in [-0.3, -0.25) is 9.59 Å². The summed E-state index contributed by atoms with van der Waals surface area (Å²) >= 11 is 13.7. The van der Waals surface area contributed by atoms with E-state index in [4.69, 9.17) is 23.2 Å². The number of carbonyl (C=O) groups is 2. The number of carbonyl (C=O) groups excluding carboxylic acids is 2. The van der Waals surface area contributed by atoms with Gasteiger partial charge < -0.3 is 10.2 Å². The van der Waals surface area contributed by atoms with E-state index in [0.29, 0.717) is 23.0 Å². The van der Waals surface area contributed by atoms with Crippen molar-refractivity contribution in [2.24, 2.45) is 0 Å². The first kappa shape index (κ1) is 23.6. The third kappa shape index (κ3) is 7.25. The average Bonchev–Trinajstić information content (AvgIpc) is 2.72. The summed E-state index contributed by atoms with van der Waals surface area (Å²) in [7, 11) is 0. The molecule has 2 aromatic rings. The smallest absolute Gasteiger partial charge is 0.242 e. The van der Waals surface area contributed by atoms with Crippen LogP contribution in [0.15, 0.2) is 53.4 Å². The van der Waals surface area contributed by atoms with Gasteiger partial charge in [-0.1, -0.05) is 55.2 Å². The van der Waals surface area contributed by atoms with E-state index in [1.807, 2.05) is 44.2 Å². The molecule has 0 aliphatic rings. The van der Waals surface area contributed by atoms with Gasteiger partial charge >= 0.3 is 0 Å². The number of halogens is 2. The first-order valence-corrected chi connectivity index (χ1v) is 11.4. The minimum Gasteiger partial charge on any atom is -0.354 e. The van der Waals surface area contributed by atoms with Gasteiger partial charge in [0.05, 0.1) is 5.75 Å². The molecule has 0 bridgehead atoms. The van der Waals surface area contributed by atoms with Crippen molar-refractivity contribution in [2.75, 3.05) is 12.3 Å². The van der Waals surface area contributed by atoms with Crippen LogP contribution in [0.1, 0.15) is 32.3 Å². The molecule has 0 radical (unpaired) electrons. The van der Waals surface area contributed by atoms with Gasteiger partial charge in [0.2, 0.25) is 11.8 Å². The molecule has 0 saturated carbocycles. The van der Waals surface area contributed by atoms with Crippen LogP contribution in [0, 0.1) is 0 Å². The Morgan fingerprint density at radius 1 is 1.07 bits per heavy atom. The van der Waals surface area contributed by atoms with Crippen molar-refractivity contribution in [3.05, 3.63) is 64.1 Å². The number of hydrogen-bond acceptors (Lipinski definition) is 3. The van der Waals surface area contributed by atoms with E-state index in [1.54, 1.807) is 23.1 Å². The van der Waals surface area contributed by atoms with Crippen LogP contribution in [0.5, 0.6) is 0 Å². The van der Waals surface area contributed by atoms with Crippen LogP contribution in [0.3, 0.4) is 0 Å². The molecule has 29 heavy (non-hydrogen) atoms. The molecule has 1 N–H and O–H groups in total. The maximum Gasteiger partial charge on any atom is 0.242 e. The van der Waals surface area contributed by atoms with Crippen molar-refractivity contribution in [3.8, 4) is 0 Å². The van der Waals surface area contributed by atoms with Gasteiger partial charge in [-0.25, -0.2) is 0 Å². The first-order chi connectivity index (χ1) is 14.0. The zero-order valence-corrected chi connectivity index (χ0v) is 19.0. The predicted octanol–water partition coefficient (Wildman–Crippen LogP) is 5.42. The Bertz CT molecular complexity index is 815. The van der Waals surface area contributed by atoms with Crippen molar-refractivity contribution < 1.29 is 9.59 Å². The summed E-state index contributed by atoms with van der Waals surface area (Å²) in [5, 5.41) is 4.15. The normalized spacial score (nSPS) is 11.7. The minimum atomic E-state index is -0.545. The summed E-state index contributed by atoms with van der Waals surface area (Å²) in [5.41, 5.74) is 0.820. The molecule has 0 spiro atoms. The van der Waals surface area contributed by atoms with Gasteiger partial charge in [0.1, 0.15) is 6.04 Å². The summed E-state index contributed by atoms with van der Waals surface area (Å²) in [5.74, 6) is -0.0153. The van der Waals surface area contributed by atoms with Crippen LogP contribution in [-0.4, -0.2) is 35.1 Å². The zero-order chi connectivity index (χ0) is 21.2. The second-order valence-electron chi connectivity index (χ2n) is 6.57. The summed E-state index contributed by atoms with van der Waals surface area (Å²) in [4.78, 5) is 28.4. The van der Waals surface area contributed by atoms with E-state index in [-0.39, 0.29) is 24.1 Å². The minimum absolute atomic E-state index is 0.108. The standard InChI is InChI=1S/C22H26Cl2N2O2S/c1-3-13-25-22(28)20(4-2)26(14-16-7-5-6-8-19(16)24)21(27)15-29-18-11-9-17(23)10-12-18/h5-12,20H,3-4,13-15H2,1-2H3,(H,25,28)/t20-/m1/s1. The molecular weight excluding hydrogens is 427 g/mol. The van der Waals surface area contributed by atoms with Gasteiger partial charge in [0.15, 0.2) is 0 Å². The van der Waals surface area contributed by atoms with E-state index < -0.39 is 6.04 Å². The molecule has 156 valence electrons. The van der Waals surface area contributed by atoms with Gasteiger partial charge in [-0.2, -0.15) is 0 Å². The van der Waals surface area contributed by atoms with Crippen LogP contribution in [0.4, 0.5) is 0 Å². The lowest BCUT2D eigenvalue weighted by Gasteiger charge is -2.31. The maximum atomic E-state index is 13.1. The SMILES string of the molecule is CCCNC(=O)[C@@H](CC)N(Cc1ccccc1Cl)C(=O)CSc1ccc(Cl)cc1. The molecule has 0 unspecified atom stereocenters. The monoisotopic (exact) mass is 452 g/mol. The largest absolute Gasteiger partial charge is 0.354 e. The fourth-order valence-electron chi connectivity index (χ4n) is 2.85. The zero-order valence-electron chi connectivity index (χ0n) is 16.7. The lowest BCUT2D eigenvalue weighted by Crippen LogP contribution is -2.49. The summed E-state index contributed by atoms with van der Waals surface area (Å²) in [6.45, 7) is 4.78. The number of nitrogens with one attached hydrogen (secondary N) is 1. The molecule has 2 amide bonds. The Labute approximate surface area is 187 Å². The van der Waals surface area contributed by atoms with Crippen LogP contribution in [-0.2, 0) is 16.1 Å². The lowest BCUT2D eigenvalue weighted by molar-refractivity contribution is -0.139. The van der Waals surface area contributed by atoms with Gasteiger partial charge in [-0.15, -0.1) is 11.8 Å². The Kier molecular flexibility index (Phi) is 9.85. The molecule has 0 fully saturated rings. The molecule has 2 rings (SSSR count). The summed E-state index contributed by atoms with van der Waals surface area (Å²) in [6.07, 6.45) is 1.37. The fraction of sp³-hybridized carbons (Fsp3) is 0.364. The van der Waals surface area contributed by atoms with E-state index in [2.05, 4.69) is 5.32 Å². The van der Waals surface area contributed by atoms with Gasteiger partial charge in [-0.05, 0) is 48.7 Å². The third-order valence-corrected chi connectivity index (χ3v) is 6.03. The highest BCUT2D eigenvalue weighted by Gasteiger charge is 2.28. The van der Waals surface area contributed by atoms with Crippen molar-refractivity contribution in [3.63, 3.8) is 0 Å². The molecule has 0 aliphatic carbocycles. The Hall–Kier alpha value is -1.69. The third-order valence-electron chi connectivity index (χ3n) is 4.41. The average molecular weight is 453 g/mol. The number of rotatable bonds is 10. The number of nitrogens with zero attached hydrogens (tertiary/aromatic N) is 1. The van der Waals surface area contributed by atoms with Crippen molar-refractivity contribution in [1.29, 1.82) is 0 Å². The van der Waals surface area contributed by atoms with Gasteiger partial charge in [0.25, 0.3) is 0 Å². The first-order valence-electron chi connectivity index (χ1n) is 9.65. The van der Waals surface area contributed by atoms with Crippen LogP contribution < -0.4 is 5.32 Å². The maximum absolute atomic E-state index is 13.1. The van der Waals surface area contributed by atoms with Crippen molar-refractivity contribution in [1.82, 2.24) is 10.2 Å². The number of hydrogen-bond donors (Lipinski definition) is 1. The molecular formula is C22H26Cl2N2O2S. The number of thioether (sulfide) groups is 1. The fourth-order valence-corrected chi connectivity index (χ4v) is 3.96. The Morgan fingerprint density at radius 2 is 1.76 bits per heavy atom. The second-order valence-corrected chi connectivity index (χ2v) is 8.46. The van der Waals surface area contributed by atoms with E-state index in [0.717, 1.165) is 16.9 Å². The van der Waals surface area contributed by atoms with Crippen LogP contribution >= 0.6 is 35.0 Å². The highest BCUT2D eigenvalue weighted by atomic mass is 35.5. The quantitative estimate of drug-likeness (QED) is 0.489. The second kappa shape index (κ2) is 12.1. The van der Waals surface area contributed by atoms with Gasteiger partial charge in [0, 0.05) is 28.0 Å². The highest BCUT2D eigenvalue weighted by Crippen LogP contribution is 2.24. The topological polar surface area (TPSA) is 49.4 Å². The van der Waals surface area contributed by atoms with E-state index in [9.17, 15) is 9.59 Å². The van der Waals surface area contributed by atoms with Crippen LogP contribution in [0.25, 0.3) is 0 Å². The predicted molar refractivity (Wildman–Crippen MR) is 122 cm³/mol. The summed E-state index contributed by atoms with van der Waals surface area (Å²) in [6, 6.07) is 14.2. The van der Waals surface area contributed by atoms with Crippen LogP contribution in [0.2, 0.25) is 10.0 Å². The molecule has 2 aromatic carbocycles. The Morgan fingerprint density at radius 3 is 2.38 bits per heavy atom. The number of amides is 2. The molecule has 0 heterocycles. The molecule has 4 nitrogen and oxygen atoms in total. The number of benzene rings is 2. The van der Waals surface area contributed by atoms with E-state index >= 15 is 0 Å². The van der Waals surface area contributed by atoms with Crippen molar-refractivity contribution >= 4 is 46.8 Å². The summed E-state index contributed by atoms with van der Waals surface area (Å²) < 4.78 is 0.